The molecule has 0 bridgehead atoms. The third-order valence-corrected chi connectivity index (χ3v) is 5.77. The number of rotatable bonds is 2. The average Bonchev–Trinajstić information content (AvgIpc) is 2.89. The maximum absolute atomic E-state index is 11.3. The van der Waals surface area contributed by atoms with Gasteiger partial charge in [-0.25, -0.2) is 8.42 Å². The molecule has 1 spiro atoms. The zero-order chi connectivity index (χ0) is 14.2. The van der Waals surface area contributed by atoms with Crippen molar-refractivity contribution >= 4 is 19.7 Å². The summed E-state index contributed by atoms with van der Waals surface area (Å²) in [7, 11) is 1.65. The monoisotopic (exact) mass is 318 g/mol. The highest BCUT2D eigenvalue weighted by Gasteiger charge is 2.39. The quantitative estimate of drug-likeness (QED) is 0.787. The van der Waals surface area contributed by atoms with E-state index in [-0.39, 0.29) is 16.5 Å². The van der Waals surface area contributed by atoms with Gasteiger partial charge in [-0.3, -0.25) is 4.68 Å². The maximum Gasteiger partial charge on any atom is 0.264 e. The van der Waals surface area contributed by atoms with Gasteiger partial charge in [0.2, 0.25) is 0 Å². The predicted molar refractivity (Wildman–Crippen MR) is 75.3 cm³/mol. The van der Waals surface area contributed by atoms with Gasteiger partial charge < -0.3 is 4.74 Å². The summed E-state index contributed by atoms with van der Waals surface area (Å²) in [6, 6.07) is 0.203. The normalized spacial score (nSPS) is 26.8. The van der Waals surface area contributed by atoms with Gasteiger partial charge in [-0.15, -0.1) is 0 Å². The highest BCUT2D eigenvalue weighted by molar-refractivity contribution is 8.13. The van der Waals surface area contributed by atoms with Gasteiger partial charge in [0, 0.05) is 23.5 Å². The van der Waals surface area contributed by atoms with Gasteiger partial charge in [-0.05, 0) is 25.7 Å². The van der Waals surface area contributed by atoms with Gasteiger partial charge >= 0.3 is 0 Å². The standard InChI is InChI=1S/C13H19ClN2O3S/c14-20(17,18)12-9-15-16(10-12)11-4-7-19-13(8-11)5-2-1-3-6-13/h9-11H,1-8H2. The summed E-state index contributed by atoms with van der Waals surface area (Å²) >= 11 is 0. The van der Waals surface area contributed by atoms with E-state index >= 15 is 0 Å². The molecule has 1 aromatic rings. The lowest BCUT2D eigenvalue weighted by Gasteiger charge is -2.43. The van der Waals surface area contributed by atoms with Crippen LogP contribution in [0.3, 0.4) is 0 Å². The van der Waals surface area contributed by atoms with Crippen molar-refractivity contribution in [1.29, 1.82) is 0 Å². The largest absolute Gasteiger partial charge is 0.375 e. The van der Waals surface area contributed by atoms with E-state index in [0.717, 1.165) is 25.7 Å². The van der Waals surface area contributed by atoms with E-state index in [4.69, 9.17) is 15.4 Å². The van der Waals surface area contributed by atoms with E-state index in [1.54, 1.807) is 4.68 Å². The number of halogens is 1. The molecule has 5 nitrogen and oxygen atoms in total. The van der Waals surface area contributed by atoms with Crippen LogP contribution in [0.2, 0.25) is 0 Å². The fraction of sp³-hybridized carbons (Fsp3) is 0.769. The summed E-state index contributed by atoms with van der Waals surface area (Å²) in [4.78, 5) is 0.0725. The van der Waals surface area contributed by atoms with Gasteiger partial charge in [0.15, 0.2) is 0 Å². The molecule has 2 fully saturated rings. The molecule has 1 unspecified atom stereocenters. The SMILES string of the molecule is O=S(=O)(Cl)c1cnn(C2CCOC3(CCCCC3)C2)c1. The molecule has 0 N–H and O–H groups in total. The van der Waals surface area contributed by atoms with E-state index in [0.29, 0.717) is 6.61 Å². The Morgan fingerprint density at radius 3 is 2.75 bits per heavy atom. The number of hydrogen-bond acceptors (Lipinski definition) is 4. The molecule has 112 valence electrons. The molecule has 7 heteroatoms. The van der Waals surface area contributed by atoms with Crippen LogP contribution in [0.1, 0.15) is 51.0 Å². The molecule has 1 aliphatic carbocycles. The Hall–Kier alpha value is -0.590. The molecule has 1 saturated heterocycles. The highest BCUT2D eigenvalue weighted by Crippen LogP contribution is 2.42. The van der Waals surface area contributed by atoms with Crippen molar-refractivity contribution in [2.45, 2.75) is 61.5 Å². The molecule has 1 aliphatic heterocycles. The van der Waals surface area contributed by atoms with E-state index in [9.17, 15) is 8.42 Å². The second-order valence-corrected chi connectivity index (χ2v) is 8.40. The van der Waals surface area contributed by atoms with Gasteiger partial charge in [0.1, 0.15) is 4.90 Å². The Morgan fingerprint density at radius 1 is 1.35 bits per heavy atom. The molecule has 0 aromatic carbocycles. The topological polar surface area (TPSA) is 61.2 Å². The summed E-state index contributed by atoms with van der Waals surface area (Å²) < 4.78 is 30.4. The minimum absolute atomic E-state index is 0.0207. The van der Waals surface area contributed by atoms with Crippen molar-refractivity contribution < 1.29 is 13.2 Å². The van der Waals surface area contributed by atoms with Crippen LogP contribution < -0.4 is 0 Å². The first-order chi connectivity index (χ1) is 9.49. The second kappa shape index (κ2) is 5.31. The molecular formula is C13H19ClN2O3S. The first kappa shape index (κ1) is 14.4. The molecule has 2 aliphatic rings. The third-order valence-electron chi connectivity index (χ3n) is 4.47. The van der Waals surface area contributed by atoms with Crippen molar-refractivity contribution in [2.24, 2.45) is 0 Å². The molecule has 2 heterocycles. The second-order valence-electron chi connectivity index (χ2n) is 5.83. The Labute approximate surface area is 123 Å². The van der Waals surface area contributed by atoms with E-state index in [2.05, 4.69) is 5.10 Å². The molecule has 1 atom stereocenters. The summed E-state index contributed by atoms with van der Waals surface area (Å²) in [5, 5.41) is 4.18. The molecule has 3 rings (SSSR count). The first-order valence-corrected chi connectivity index (χ1v) is 9.42. The van der Waals surface area contributed by atoms with Crippen LogP contribution in [0.25, 0.3) is 0 Å². The van der Waals surface area contributed by atoms with Crippen LogP contribution in [-0.2, 0) is 13.8 Å². The smallest absolute Gasteiger partial charge is 0.264 e. The van der Waals surface area contributed by atoms with Gasteiger partial charge in [0.25, 0.3) is 9.05 Å². The minimum Gasteiger partial charge on any atom is -0.375 e. The molecule has 0 radical (unpaired) electrons. The Morgan fingerprint density at radius 2 is 2.10 bits per heavy atom. The number of ether oxygens (including phenoxy) is 1. The van der Waals surface area contributed by atoms with Gasteiger partial charge in [0.05, 0.1) is 17.8 Å². The summed E-state index contributed by atoms with van der Waals surface area (Å²) in [5.74, 6) is 0. The van der Waals surface area contributed by atoms with Crippen LogP contribution in [0, 0.1) is 0 Å². The Kier molecular flexibility index (Phi) is 3.81. The molecular weight excluding hydrogens is 300 g/mol. The molecule has 1 aromatic heterocycles. The number of nitrogens with zero attached hydrogens (tertiary/aromatic N) is 2. The lowest BCUT2D eigenvalue weighted by atomic mass is 9.78. The van der Waals surface area contributed by atoms with Crippen molar-refractivity contribution in [3.63, 3.8) is 0 Å². The summed E-state index contributed by atoms with van der Waals surface area (Å²) in [6.07, 6.45) is 10.6. The first-order valence-electron chi connectivity index (χ1n) is 7.11. The van der Waals surface area contributed by atoms with Crippen LogP contribution >= 0.6 is 10.7 Å². The van der Waals surface area contributed by atoms with Crippen molar-refractivity contribution in [2.75, 3.05) is 6.61 Å². The fourth-order valence-corrected chi connectivity index (χ4v) is 4.06. The summed E-state index contributed by atoms with van der Waals surface area (Å²) in [6.45, 7) is 0.716. The zero-order valence-electron chi connectivity index (χ0n) is 11.3. The minimum atomic E-state index is -3.70. The lowest BCUT2D eigenvalue weighted by molar-refractivity contribution is -0.115. The van der Waals surface area contributed by atoms with Crippen LogP contribution in [-0.4, -0.2) is 30.4 Å². The lowest BCUT2D eigenvalue weighted by Crippen LogP contribution is -2.42. The van der Waals surface area contributed by atoms with Crippen molar-refractivity contribution in [1.82, 2.24) is 9.78 Å². The molecule has 20 heavy (non-hydrogen) atoms. The Balaban J connectivity index is 1.78. The zero-order valence-corrected chi connectivity index (χ0v) is 12.9. The van der Waals surface area contributed by atoms with Crippen LogP contribution in [0.15, 0.2) is 17.3 Å². The third kappa shape index (κ3) is 2.87. The van der Waals surface area contributed by atoms with Crippen molar-refractivity contribution in [3.8, 4) is 0 Å². The Bertz CT molecular complexity index is 573. The van der Waals surface area contributed by atoms with Crippen molar-refractivity contribution in [3.05, 3.63) is 12.4 Å². The van der Waals surface area contributed by atoms with Crippen LogP contribution in [0.5, 0.6) is 0 Å². The van der Waals surface area contributed by atoms with Crippen LogP contribution in [0.4, 0.5) is 0 Å². The number of hydrogen-bond donors (Lipinski definition) is 0. The fourth-order valence-electron chi connectivity index (χ4n) is 3.42. The van der Waals surface area contributed by atoms with Gasteiger partial charge in [-0.2, -0.15) is 5.10 Å². The van der Waals surface area contributed by atoms with Gasteiger partial charge in [-0.1, -0.05) is 19.3 Å². The predicted octanol–water partition coefficient (Wildman–Crippen LogP) is 2.87. The van der Waals surface area contributed by atoms with E-state index in [1.807, 2.05) is 0 Å². The van der Waals surface area contributed by atoms with E-state index in [1.165, 1.54) is 31.7 Å². The van der Waals surface area contributed by atoms with E-state index < -0.39 is 9.05 Å². The maximum atomic E-state index is 11.3. The molecule has 0 amide bonds. The molecule has 1 saturated carbocycles. The highest BCUT2D eigenvalue weighted by atomic mass is 35.7. The average molecular weight is 319 g/mol. The summed E-state index contributed by atoms with van der Waals surface area (Å²) in [5.41, 5.74) is -0.0207. The number of aromatic nitrogens is 2.